The van der Waals surface area contributed by atoms with E-state index in [0.717, 1.165) is 38.5 Å². The number of hydrogen-bond acceptors (Lipinski definition) is 7. The minimum atomic E-state index is -0.538. The third-order valence-corrected chi connectivity index (χ3v) is 7.37. The van der Waals surface area contributed by atoms with Crippen molar-refractivity contribution in [1.82, 2.24) is 0 Å². The van der Waals surface area contributed by atoms with Crippen LogP contribution in [0.5, 0.6) is 0 Å². The van der Waals surface area contributed by atoms with Gasteiger partial charge < -0.3 is 24.4 Å². The number of ether oxygens (including phenoxy) is 3. The number of rotatable bonds is 14. The Labute approximate surface area is 200 Å². The van der Waals surface area contributed by atoms with Gasteiger partial charge in [0.2, 0.25) is 0 Å². The van der Waals surface area contributed by atoms with E-state index in [1.54, 1.807) is 6.92 Å². The van der Waals surface area contributed by atoms with E-state index in [0.29, 0.717) is 12.8 Å². The van der Waals surface area contributed by atoms with Gasteiger partial charge in [-0.3, -0.25) is 4.79 Å². The Bertz CT molecular complexity index is 611. The first kappa shape index (κ1) is 27.3. The molecule has 2 N–H and O–H groups in total. The molecule has 0 radical (unpaired) electrons. The SMILES string of the molecule is CCCCC[C@H](O)/C=C/[C@@H]1[C@H]2CC(C(Br)CCCC(=O)OCC(=O)OCC)O[C@@H]2C[C@H]1O. The predicted octanol–water partition coefficient (Wildman–Crippen LogP) is 3.68. The highest BCUT2D eigenvalue weighted by atomic mass is 79.9. The summed E-state index contributed by atoms with van der Waals surface area (Å²) in [6, 6.07) is 0. The Morgan fingerprint density at radius 2 is 1.91 bits per heavy atom. The van der Waals surface area contributed by atoms with Crippen LogP contribution in [0.15, 0.2) is 12.2 Å². The van der Waals surface area contributed by atoms with Crippen molar-refractivity contribution in [3.8, 4) is 0 Å². The lowest BCUT2D eigenvalue weighted by Crippen LogP contribution is -2.24. The molecule has 0 aromatic carbocycles. The van der Waals surface area contributed by atoms with Gasteiger partial charge >= 0.3 is 11.9 Å². The summed E-state index contributed by atoms with van der Waals surface area (Å²) >= 11 is 3.71. The molecule has 184 valence electrons. The van der Waals surface area contributed by atoms with Crippen molar-refractivity contribution in [2.24, 2.45) is 11.8 Å². The fraction of sp³-hybridized carbons (Fsp3) is 0.833. The molecule has 0 spiro atoms. The maximum atomic E-state index is 11.8. The van der Waals surface area contributed by atoms with Crippen molar-refractivity contribution >= 4 is 27.9 Å². The number of unbranched alkanes of at least 4 members (excludes halogenated alkanes) is 2. The molecule has 1 saturated carbocycles. The van der Waals surface area contributed by atoms with Gasteiger partial charge in [-0.25, -0.2) is 4.79 Å². The van der Waals surface area contributed by atoms with Crippen LogP contribution >= 0.6 is 15.9 Å². The van der Waals surface area contributed by atoms with Crippen LogP contribution in [0.1, 0.15) is 71.6 Å². The fourth-order valence-corrected chi connectivity index (χ4v) is 5.28. The average Bonchev–Trinajstić information content (AvgIpc) is 3.28. The van der Waals surface area contributed by atoms with E-state index in [2.05, 4.69) is 22.9 Å². The Morgan fingerprint density at radius 3 is 2.62 bits per heavy atom. The average molecular weight is 519 g/mol. The van der Waals surface area contributed by atoms with E-state index in [9.17, 15) is 19.8 Å². The minimum Gasteiger partial charge on any atom is -0.463 e. The molecule has 2 aliphatic rings. The predicted molar refractivity (Wildman–Crippen MR) is 124 cm³/mol. The van der Waals surface area contributed by atoms with E-state index in [-0.39, 0.29) is 48.5 Å². The van der Waals surface area contributed by atoms with Gasteiger partial charge in [0, 0.05) is 23.6 Å². The van der Waals surface area contributed by atoms with E-state index >= 15 is 0 Å². The number of aliphatic hydroxyl groups excluding tert-OH is 2. The van der Waals surface area contributed by atoms with Gasteiger partial charge in [0.1, 0.15) is 0 Å². The molecule has 7 atom stereocenters. The highest BCUT2D eigenvalue weighted by Crippen LogP contribution is 2.46. The highest BCUT2D eigenvalue weighted by Gasteiger charge is 2.49. The molecule has 0 amide bonds. The van der Waals surface area contributed by atoms with Gasteiger partial charge in [0.25, 0.3) is 0 Å². The summed E-state index contributed by atoms with van der Waals surface area (Å²) < 4.78 is 15.9. The van der Waals surface area contributed by atoms with Gasteiger partial charge in [-0.15, -0.1) is 0 Å². The third-order valence-electron chi connectivity index (χ3n) is 6.32. The normalized spacial score (nSPS) is 29.1. The number of aliphatic hydroxyl groups is 2. The first-order valence-electron chi connectivity index (χ1n) is 12.0. The molecule has 7 nitrogen and oxygen atoms in total. The molecule has 2 unspecified atom stereocenters. The summed E-state index contributed by atoms with van der Waals surface area (Å²) in [5.74, 6) is -0.704. The van der Waals surface area contributed by atoms with Crippen LogP contribution < -0.4 is 0 Å². The smallest absolute Gasteiger partial charge is 0.344 e. The molecule has 1 aliphatic heterocycles. The van der Waals surface area contributed by atoms with E-state index in [1.165, 1.54) is 0 Å². The van der Waals surface area contributed by atoms with E-state index in [1.807, 2.05) is 12.2 Å². The van der Waals surface area contributed by atoms with Crippen LogP contribution in [0, 0.1) is 11.8 Å². The van der Waals surface area contributed by atoms with E-state index < -0.39 is 24.1 Å². The Morgan fingerprint density at radius 1 is 1.12 bits per heavy atom. The maximum absolute atomic E-state index is 11.8. The van der Waals surface area contributed by atoms with Gasteiger partial charge in [0.05, 0.1) is 31.0 Å². The second-order valence-electron chi connectivity index (χ2n) is 8.81. The highest BCUT2D eigenvalue weighted by molar-refractivity contribution is 9.09. The zero-order valence-electron chi connectivity index (χ0n) is 19.3. The van der Waals surface area contributed by atoms with Gasteiger partial charge in [-0.05, 0) is 38.5 Å². The zero-order valence-corrected chi connectivity index (χ0v) is 20.9. The summed E-state index contributed by atoms with van der Waals surface area (Å²) in [7, 11) is 0. The van der Waals surface area contributed by atoms with Gasteiger partial charge in [-0.1, -0.05) is 54.3 Å². The molecule has 2 fully saturated rings. The van der Waals surface area contributed by atoms with Crippen molar-refractivity contribution in [2.45, 2.75) is 101 Å². The Hall–Kier alpha value is -0.960. The number of hydrogen-bond donors (Lipinski definition) is 2. The molecule has 0 aromatic heterocycles. The second-order valence-corrected chi connectivity index (χ2v) is 9.99. The molecular formula is C24H39BrO7. The number of carbonyl (C=O) groups is 2. The maximum Gasteiger partial charge on any atom is 0.344 e. The van der Waals surface area contributed by atoms with Crippen LogP contribution in [0.25, 0.3) is 0 Å². The van der Waals surface area contributed by atoms with Crippen LogP contribution in [-0.2, 0) is 23.8 Å². The summed E-state index contributed by atoms with van der Waals surface area (Å²) in [5.41, 5.74) is 0. The van der Waals surface area contributed by atoms with Crippen LogP contribution in [0.2, 0.25) is 0 Å². The molecule has 1 aliphatic carbocycles. The van der Waals surface area contributed by atoms with Gasteiger partial charge in [-0.2, -0.15) is 0 Å². The number of esters is 2. The summed E-state index contributed by atoms with van der Waals surface area (Å²) in [4.78, 5) is 23.1. The fourth-order valence-electron chi connectivity index (χ4n) is 4.62. The topological polar surface area (TPSA) is 102 Å². The van der Waals surface area contributed by atoms with Crippen molar-refractivity contribution in [3.05, 3.63) is 12.2 Å². The van der Waals surface area contributed by atoms with E-state index in [4.69, 9.17) is 14.2 Å². The van der Waals surface area contributed by atoms with Crippen LogP contribution in [0.4, 0.5) is 0 Å². The molecule has 2 rings (SSSR count). The van der Waals surface area contributed by atoms with Crippen LogP contribution in [0.3, 0.4) is 0 Å². The first-order valence-corrected chi connectivity index (χ1v) is 12.9. The number of alkyl halides is 1. The van der Waals surface area contributed by atoms with Crippen molar-refractivity contribution in [3.63, 3.8) is 0 Å². The molecule has 32 heavy (non-hydrogen) atoms. The zero-order chi connectivity index (χ0) is 23.5. The van der Waals surface area contributed by atoms with Crippen molar-refractivity contribution < 1.29 is 34.0 Å². The lowest BCUT2D eigenvalue weighted by Gasteiger charge is -2.21. The summed E-state index contributed by atoms with van der Waals surface area (Å²) in [5, 5.41) is 20.6. The number of halogens is 1. The number of fused-ring (bicyclic) bond motifs is 1. The largest absolute Gasteiger partial charge is 0.463 e. The van der Waals surface area contributed by atoms with Crippen molar-refractivity contribution in [1.29, 1.82) is 0 Å². The van der Waals surface area contributed by atoms with Crippen LogP contribution in [-0.4, -0.2) is 64.6 Å². The lowest BCUT2D eigenvalue weighted by atomic mass is 9.89. The molecule has 0 aromatic rings. The number of carbonyl (C=O) groups excluding carboxylic acids is 2. The Balaban J connectivity index is 1.72. The van der Waals surface area contributed by atoms with Gasteiger partial charge in [0.15, 0.2) is 6.61 Å². The molecular weight excluding hydrogens is 480 g/mol. The standard InChI is InChI=1S/C24H39BrO7/c1-3-5-6-8-16(26)11-12-17-18-13-22(32-21(18)14-20(17)27)19(25)9-7-10-23(28)31-15-24(29)30-4-2/h11-12,16-22,26-27H,3-10,13-15H2,1-2H3/b12-11+/t16-,17+,18+,19?,20+,21+,22?/m0/s1. The second kappa shape index (κ2) is 14.3. The summed E-state index contributed by atoms with van der Waals surface area (Å²) in [6.45, 7) is 3.76. The Kier molecular flexibility index (Phi) is 12.2. The molecule has 8 heteroatoms. The quantitative estimate of drug-likeness (QED) is 0.156. The molecule has 0 bridgehead atoms. The first-order chi connectivity index (χ1) is 15.3. The monoisotopic (exact) mass is 518 g/mol. The third kappa shape index (κ3) is 8.76. The van der Waals surface area contributed by atoms with Crippen molar-refractivity contribution in [2.75, 3.05) is 13.2 Å². The molecule has 1 heterocycles. The molecule has 1 saturated heterocycles. The minimum absolute atomic E-state index is 0.00313. The lowest BCUT2D eigenvalue weighted by molar-refractivity contribution is -0.158. The summed E-state index contributed by atoms with van der Waals surface area (Å²) in [6.07, 6.45) is 10.1.